The number of piperidine rings is 1. The smallest absolute Gasteiger partial charge is 0.265 e. The van der Waals surface area contributed by atoms with Crippen LogP contribution in [0.2, 0.25) is 0 Å². The zero-order chi connectivity index (χ0) is 15.2. The number of methoxy groups -OCH3 is 1. The Labute approximate surface area is 133 Å². The highest BCUT2D eigenvalue weighted by Gasteiger charge is 2.19. The number of benzene rings is 1. The van der Waals surface area contributed by atoms with Crippen molar-refractivity contribution in [2.75, 3.05) is 26.8 Å². The van der Waals surface area contributed by atoms with Gasteiger partial charge in [-0.3, -0.25) is 15.1 Å². The summed E-state index contributed by atoms with van der Waals surface area (Å²) < 4.78 is 6.17. The Balaban J connectivity index is 1.93. The highest BCUT2D eigenvalue weighted by atomic mass is 79.9. The predicted octanol–water partition coefficient (Wildman–Crippen LogP) is 1.91. The fourth-order valence-corrected chi connectivity index (χ4v) is 3.19. The second-order valence-electron chi connectivity index (χ2n) is 5.45. The quantitative estimate of drug-likeness (QED) is 0.481. The number of hydrogen-bond donors (Lipinski definition) is 2. The molecule has 5 nitrogen and oxygen atoms in total. The number of nitrogens with zero attached hydrogens (tertiary/aromatic N) is 1. The summed E-state index contributed by atoms with van der Waals surface area (Å²) in [7, 11) is 1.77. The van der Waals surface area contributed by atoms with E-state index < -0.39 is 0 Å². The Morgan fingerprint density at radius 2 is 2.19 bits per heavy atom. The van der Waals surface area contributed by atoms with E-state index >= 15 is 0 Å². The van der Waals surface area contributed by atoms with Gasteiger partial charge in [-0.25, -0.2) is 5.84 Å². The molecule has 0 unspecified atom stereocenters. The average Bonchev–Trinajstić information content (AvgIpc) is 2.50. The molecule has 1 aromatic carbocycles. The van der Waals surface area contributed by atoms with Crippen molar-refractivity contribution in [2.45, 2.75) is 19.4 Å². The van der Waals surface area contributed by atoms with Crippen LogP contribution < -0.4 is 11.3 Å². The average molecular weight is 356 g/mol. The number of carbonyl (C=O) groups is 1. The lowest BCUT2D eigenvalue weighted by Gasteiger charge is -2.31. The van der Waals surface area contributed by atoms with Gasteiger partial charge in [0.2, 0.25) is 0 Å². The van der Waals surface area contributed by atoms with Crippen LogP contribution >= 0.6 is 15.9 Å². The molecule has 1 saturated heterocycles. The molecule has 0 saturated carbocycles. The fraction of sp³-hybridized carbons (Fsp3) is 0.533. The van der Waals surface area contributed by atoms with Crippen LogP contribution in [0.5, 0.6) is 0 Å². The van der Waals surface area contributed by atoms with E-state index in [1.165, 1.54) is 18.4 Å². The first kappa shape index (κ1) is 16.4. The van der Waals surface area contributed by atoms with Crippen molar-refractivity contribution in [3.8, 4) is 0 Å². The van der Waals surface area contributed by atoms with Crippen LogP contribution in [-0.2, 0) is 11.3 Å². The summed E-state index contributed by atoms with van der Waals surface area (Å²) in [5.41, 5.74) is 3.89. The maximum atomic E-state index is 11.5. The molecular weight excluding hydrogens is 334 g/mol. The molecule has 0 aliphatic carbocycles. The maximum Gasteiger partial charge on any atom is 0.265 e. The Kier molecular flexibility index (Phi) is 6.17. The van der Waals surface area contributed by atoms with Crippen LogP contribution in [0.3, 0.4) is 0 Å². The van der Waals surface area contributed by atoms with Gasteiger partial charge < -0.3 is 4.74 Å². The third kappa shape index (κ3) is 4.51. The topological polar surface area (TPSA) is 67.6 Å². The molecule has 6 heteroatoms. The Morgan fingerprint density at radius 1 is 1.48 bits per heavy atom. The van der Waals surface area contributed by atoms with Gasteiger partial charge in [-0.05, 0) is 49.5 Å². The molecule has 1 heterocycles. The molecular formula is C15H22BrN3O2. The van der Waals surface area contributed by atoms with Crippen molar-refractivity contribution in [3.63, 3.8) is 0 Å². The fourth-order valence-electron chi connectivity index (χ4n) is 2.69. The molecule has 1 amide bonds. The van der Waals surface area contributed by atoms with Gasteiger partial charge in [-0.1, -0.05) is 22.0 Å². The number of nitrogen functional groups attached to an aromatic ring is 1. The number of nitrogens with two attached hydrogens (primary N) is 1. The number of ether oxygens (including phenoxy) is 1. The zero-order valence-electron chi connectivity index (χ0n) is 12.3. The summed E-state index contributed by atoms with van der Waals surface area (Å²) in [5.74, 6) is 5.56. The van der Waals surface area contributed by atoms with Crippen LogP contribution in [-0.4, -0.2) is 37.6 Å². The first-order valence-electron chi connectivity index (χ1n) is 7.14. The van der Waals surface area contributed by atoms with Crippen molar-refractivity contribution in [1.29, 1.82) is 0 Å². The lowest BCUT2D eigenvalue weighted by atomic mass is 9.97. The summed E-state index contributed by atoms with van der Waals surface area (Å²) in [4.78, 5) is 13.9. The molecule has 3 N–H and O–H groups in total. The van der Waals surface area contributed by atoms with Crippen LogP contribution in [0.15, 0.2) is 22.7 Å². The normalized spacial score (nSPS) is 16.9. The molecule has 1 aromatic rings. The Hall–Kier alpha value is -0.950. The van der Waals surface area contributed by atoms with Crippen molar-refractivity contribution in [1.82, 2.24) is 10.3 Å². The Bertz CT molecular complexity index is 488. The number of amides is 1. The lowest BCUT2D eigenvalue weighted by Crippen LogP contribution is -2.34. The van der Waals surface area contributed by atoms with Gasteiger partial charge in [-0.15, -0.1) is 0 Å². The maximum absolute atomic E-state index is 11.5. The Morgan fingerprint density at radius 3 is 2.76 bits per heavy atom. The number of rotatable bonds is 5. The number of nitrogens with one attached hydrogen (secondary N) is 1. The molecule has 1 fully saturated rings. The van der Waals surface area contributed by atoms with Crippen LogP contribution in [0.25, 0.3) is 0 Å². The highest BCUT2D eigenvalue weighted by Crippen LogP contribution is 2.23. The van der Waals surface area contributed by atoms with E-state index in [4.69, 9.17) is 10.6 Å². The summed E-state index contributed by atoms with van der Waals surface area (Å²) in [5, 5.41) is 0. The van der Waals surface area contributed by atoms with Crippen LogP contribution in [0, 0.1) is 5.92 Å². The van der Waals surface area contributed by atoms with Gasteiger partial charge in [-0.2, -0.15) is 0 Å². The summed E-state index contributed by atoms with van der Waals surface area (Å²) >= 11 is 3.54. The van der Waals surface area contributed by atoms with Gasteiger partial charge in [0.1, 0.15) is 0 Å². The van der Waals surface area contributed by atoms with Gasteiger partial charge in [0.25, 0.3) is 5.91 Å². The standard InChI is InChI=1S/C15H22BrN3O2/c1-21-10-11-4-6-19(7-5-11)9-13-3-2-12(8-14(13)16)15(20)18-17/h2-3,8,11H,4-7,9-10,17H2,1H3,(H,18,20). The van der Waals surface area contributed by atoms with E-state index in [2.05, 4.69) is 26.3 Å². The number of carbonyl (C=O) groups excluding carboxylic acids is 1. The van der Waals surface area contributed by atoms with Crippen LogP contribution in [0.1, 0.15) is 28.8 Å². The van der Waals surface area contributed by atoms with E-state index in [0.29, 0.717) is 11.5 Å². The molecule has 0 atom stereocenters. The van der Waals surface area contributed by atoms with Gasteiger partial charge >= 0.3 is 0 Å². The van der Waals surface area contributed by atoms with E-state index in [1.54, 1.807) is 13.2 Å². The van der Waals surface area contributed by atoms with Crippen molar-refractivity contribution in [2.24, 2.45) is 11.8 Å². The van der Waals surface area contributed by atoms with E-state index in [9.17, 15) is 4.79 Å². The third-order valence-electron chi connectivity index (χ3n) is 3.95. The number of hydrazine groups is 1. The largest absolute Gasteiger partial charge is 0.384 e. The molecule has 0 radical (unpaired) electrons. The molecule has 1 aliphatic rings. The minimum atomic E-state index is -0.275. The van der Waals surface area contributed by atoms with Crippen molar-refractivity contribution < 1.29 is 9.53 Å². The molecule has 0 spiro atoms. The minimum Gasteiger partial charge on any atom is -0.384 e. The predicted molar refractivity (Wildman–Crippen MR) is 85.7 cm³/mol. The van der Waals surface area contributed by atoms with E-state index in [-0.39, 0.29) is 5.91 Å². The first-order valence-corrected chi connectivity index (χ1v) is 7.94. The minimum absolute atomic E-state index is 0.275. The SMILES string of the molecule is COCC1CCN(Cc2ccc(C(=O)NN)cc2Br)CC1. The summed E-state index contributed by atoms with van der Waals surface area (Å²) in [6, 6.07) is 5.60. The number of halogens is 1. The number of hydrogen-bond acceptors (Lipinski definition) is 4. The molecule has 21 heavy (non-hydrogen) atoms. The monoisotopic (exact) mass is 355 g/mol. The van der Waals surface area contributed by atoms with Crippen molar-refractivity contribution in [3.05, 3.63) is 33.8 Å². The zero-order valence-corrected chi connectivity index (χ0v) is 13.9. The molecule has 0 bridgehead atoms. The highest BCUT2D eigenvalue weighted by molar-refractivity contribution is 9.10. The van der Waals surface area contributed by atoms with Gasteiger partial charge in [0.15, 0.2) is 0 Å². The lowest BCUT2D eigenvalue weighted by molar-refractivity contribution is 0.0953. The molecule has 1 aliphatic heterocycles. The molecule has 116 valence electrons. The first-order chi connectivity index (χ1) is 10.1. The van der Waals surface area contributed by atoms with E-state index in [1.807, 2.05) is 12.1 Å². The van der Waals surface area contributed by atoms with Gasteiger partial charge in [0, 0.05) is 30.3 Å². The molecule has 2 rings (SSSR count). The van der Waals surface area contributed by atoms with Gasteiger partial charge in [0.05, 0.1) is 0 Å². The summed E-state index contributed by atoms with van der Waals surface area (Å²) in [6.45, 7) is 3.93. The second-order valence-corrected chi connectivity index (χ2v) is 6.31. The summed E-state index contributed by atoms with van der Waals surface area (Å²) in [6.07, 6.45) is 2.36. The van der Waals surface area contributed by atoms with Crippen molar-refractivity contribution >= 4 is 21.8 Å². The van der Waals surface area contributed by atoms with E-state index in [0.717, 1.165) is 30.7 Å². The number of likely N-dealkylation sites (tertiary alicyclic amines) is 1. The van der Waals surface area contributed by atoms with Crippen LogP contribution in [0.4, 0.5) is 0 Å². The molecule has 0 aromatic heterocycles. The second kappa shape index (κ2) is 7.89. The third-order valence-corrected chi connectivity index (χ3v) is 4.69.